The van der Waals surface area contributed by atoms with E-state index in [1.807, 2.05) is 16.6 Å². The van der Waals surface area contributed by atoms with Crippen molar-refractivity contribution in [2.75, 3.05) is 25.9 Å². The molecule has 1 aliphatic heterocycles. The second kappa shape index (κ2) is 9.87. The van der Waals surface area contributed by atoms with E-state index in [4.69, 9.17) is 15.7 Å². The first-order chi connectivity index (χ1) is 16.2. The molecule has 2 N–H and O–H groups in total. The number of likely N-dealkylation sites (N-methyl/N-ethyl adjacent to an activating group) is 1. The van der Waals surface area contributed by atoms with Gasteiger partial charge in [0.15, 0.2) is 17.3 Å². The minimum absolute atomic E-state index is 0.0921. The lowest BCUT2D eigenvalue weighted by molar-refractivity contribution is 0.0938. The lowest BCUT2D eigenvalue weighted by Crippen LogP contribution is -2.30. The predicted molar refractivity (Wildman–Crippen MR) is 126 cm³/mol. The Labute approximate surface area is 204 Å². The number of Topliss-reactive ketones (excluding diaryl/α,β-unsaturated/α-hetero) is 1. The summed E-state index contributed by atoms with van der Waals surface area (Å²) in [4.78, 5) is 23.3. The van der Waals surface area contributed by atoms with Crippen molar-refractivity contribution in [1.29, 1.82) is 5.26 Å². The van der Waals surface area contributed by atoms with Crippen molar-refractivity contribution in [1.82, 2.24) is 24.6 Å². The van der Waals surface area contributed by atoms with Crippen LogP contribution in [0, 0.1) is 17.1 Å². The van der Waals surface area contributed by atoms with Crippen molar-refractivity contribution < 1.29 is 13.9 Å². The number of nitrogen functional groups attached to an aromatic ring is 1. The summed E-state index contributed by atoms with van der Waals surface area (Å²) >= 11 is 3.22. The third kappa shape index (κ3) is 5.08. The van der Waals surface area contributed by atoms with Crippen molar-refractivity contribution in [3.05, 3.63) is 63.4 Å². The number of nitrogens with zero attached hydrogens (tertiary/aromatic N) is 6. The molecule has 2 atom stereocenters. The van der Waals surface area contributed by atoms with E-state index in [-0.39, 0.29) is 29.9 Å². The fourth-order valence-corrected chi connectivity index (χ4v) is 4.44. The van der Waals surface area contributed by atoms with Crippen molar-refractivity contribution in [2.45, 2.75) is 31.9 Å². The van der Waals surface area contributed by atoms with Gasteiger partial charge in [0.2, 0.25) is 0 Å². The number of ether oxygens (including phenoxy) is 1. The number of rotatable bonds is 8. The van der Waals surface area contributed by atoms with Crippen LogP contribution in [0.25, 0.3) is 0 Å². The van der Waals surface area contributed by atoms with Crippen LogP contribution in [0.3, 0.4) is 0 Å². The molecule has 0 aliphatic carbocycles. The second-order valence-electron chi connectivity index (χ2n) is 8.27. The SMILES string of the molecule is C[C@@H](Oc1nc(Br)cnc1N)c1cc(F)ccc1C(=O)CN(C)CC1CCn2nc(C#N)cc21. The first kappa shape index (κ1) is 23.8. The number of aryl methyl sites for hydroxylation is 1. The summed E-state index contributed by atoms with van der Waals surface area (Å²) in [5.74, 6) is -0.271. The summed E-state index contributed by atoms with van der Waals surface area (Å²) in [5.41, 5.74) is 8.02. The fraction of sp³-hybridized carbons (Fsp3) is 0.348. The maximum atomic E-state index is 14.1. The van der Waals surface area contributed by atoms with Crippen molar-refractivity contribution in [3.8, 4) is 11.9 Å². The molecule has 4 rings (SSSR count). The molecule has 176 valence electrons. The molecule has 34 heavy (non-hydrogen) atoms. The van der Waals surface area contributed by atoms with Gasteiger partial charge in [-0.3, -0.25) is 14.4 Å². The number of hydrogen-bond acceptors (Lipinski definition) is 8. The van der Waals surface area contributed by atoms with Gasteiger partial charge in [0.25, 0.3) is 5.88 Å². The summed E-state index contributed by atoms with van der Waals surface area (Å²) in [6.45, 7) is 3.22. The summed E-state index contributed by atoms with van der Waals surface area (Å²) < 4.78 is 22.2. The van der Waals surface area contributed by atoms with Gasteiger partial charge in [-0.25, -0.2) is 14.4 Å². The Balaban J connectivity index is 1.48. The van der Waals surface area contributed by atoms with Gasteiger partial charge in [0, 0.05) is 35.8 Å². The summed E-state index contributed by atoms with van der Waals surface area (Å²) in [6.07, 6.45) is 1.64. The van der Waals surface area contributed by atoms with Crippen LogP contribution < -0.4 is 10.5 Å². The van der Waals surface area contributed by atoms with E-state index in [0.29, 0.717) is 28.0 Å². The highest BCUT2D eigenvalue weighted by molar-refractivity contribution is 9.10. The van der Waals surface area contributed by atoms with Gasteiger partial charge in [0.05, 0.1) is 12.7 Å². The zero-order valence-electron chi connectivity index (χ0n) is 18.7. The first-order valence-corrected chi connectivity index (χ1v) is 11.5. The minimum Gasteiger partial charge on any atom is -0.467 e. The van der Waals surface area contributed by atoms with Crippen LogP contribution in [0.15, 0.2) is 35.1 Å². The third-order valence-corrected chi connectivity index (χ3v) is 6.14. The number of nitriles is 1. The normalized spacial score (nSPS) is 15.7. The minimum atomic E-state index is -0.695. The smallest absolute Gasteiger partial charge is 0.258 e. The highest BCUT2D eigenvalue weighted by Crippen LogP contribution is 2.30. The summed E-state index contributed by atoms with van der Waals surface area (Å²) in [7, 11) is 1.86. The Morgan fingerprint density at radius 1 is 1.47 bits per heavy atom. The Hall–Kier alpha value is -3.36. The highest BCUT2D eigenvalue weighted by Gasteiger charge is 2.27. The predicted octanol–water partition coefficient (Wildman–Crippen LogP) is 3.47. The maximum Gasteiger partial charge on any atom is 0.258 e. The molecule has 11 heteroatoms. The number of fused-ring (bicyclic) bond motifs is 1. The third-order valence-electron chi connectivity index (χ3n) is 5.76. The average molecular weight is 528 g/mol. The number of aromatic nitrogens is 4. The molecule has 1 aliphatic rings. The highest BCUT2D eigenvalue weighted by atomic mass is 79.9. The van der Waals surface area contributed by atoms with Gasteiger partial charge in [-0.1, -0.05) is 0 Å². The van der Waals surface area contributed by atoms with Crippen LogP contribution in [0.4, 0.5) is 10.2 Å². The van der Waals surface area contributed by atoms with E-state index in [1.54, 1.807) is 13.0 Å². The zero-order chi connectivity index (χ0) is 24.4. The number of nitrogens with two attached hydrogens (primary N) is 1. The Bertz CT molecular complexity index is 1270. The number of benzene rings is 1. The number of ketones is 1. The van der Waals surface area contributed by atoms with E-state index < -0.39 is 11.9 Å². The van der Waals surface area contributed by atoms with Crippen LogP contribution in [-0.4, -0.2) is 50.6 Å². The standard InChI is InChI=1S/C23H23BrFN7O2/c1-13(34-23-22(27)28-10-21(24)29-23)18-7-15(25)3-4-17(18)20(33)12-31(2)11-14-5-6-32-19(14)8-16(9-26)30-32/h3-4,7-8,10,13-14H,5-6,11-12H2,1-2H3,(H2,27,28)/t13-,14?/m1/s1. The molecule has 3 aromatic rings. The lowest BCUT2D eigenvalue weighted by Gasteiger charge is -2.22. The number of halogens is 2. The molecular weight excluding hydrogens is 505 g/mol. The lowest BCUT2D eigenvalue weighted by atomic mass is 9.98. The number of carbonyl (C=O) groups excluding carboxylic acids is 1. The van der Waals surface area contributed by atoms with Crippen molar-refractivity contribution in [2.24, 2.45) is 0 Å². The van der Waals surface area contributed by atoms with Crippen LogP contribution in [0.5, 0.6) is 5.88 Å². The number of hydrogen-bond donors (Lipinski definition) is 1. The molecule has 9 nitrogen and oxygen atoms in total. The van der Waals surface area contributed by atoms with Crippen molar-refractivity contribution in [3.63, 3.8) is 0 Å². The molecule has 0 saturated heterocycles. The van der Waals surface area contributed by atoms with Gasteiger partial charge < -0.3 is 10.5 Å². The van der Waals surface area contributed by atoms with Crippen LogP contribution in [0.2, 0.25) is 0 Å². The average Bonchev–Trinajstić information content (AvgIpc) is 3.37. The monoisotopic (exact) mass is 527 g/mol. The molecule has 3 heterocycles. The summed E-state index contributed by atoms with van der Waals surface area (Å²) in [5, 5.41) is 13.3. The van der Waals surface area contributed by atoms with Crippen LogP contribution in [0.1, 0.15) is 52.7 Å². The van der Waals surface area contributed by atoms with Crippen molar-refractivity contribution >= 4 is 27.5 Å². The van der Waals surface area contributed by atoms with E-state index in [0.717, 1.165) is 18.7 Å². The maximum absolute atomic E-state index is 14.1. The topological polar surface area (TPSA) is 123 Å². The molecule has 0 radical (unpaired) electrons. The number of anilines is 1. The fourth-order valence-electron chi connectivity index (χ4n) is 4.18. The summed E-state index contributed by atoms with van der Waals surface area (Å²) in [6, 6.07) is 7.90. The van der Waals surface area contributed by atoms with Crippen LogP contribution in [-0.2, 0) is 6.54 Å². The largest absolute Gasteiger partial charge is 0.467 e. The molecule has 0 spiro atoms. The molecular formula is C23H23BrFN7O2. The van der Waals surface area contributed by atoms with E-state index >= 15 is 0 Å². The molecule has 0 bridgehead atoms. The van der Waals surface area contributed by atoms with Gasteiger partial charge in [0.1, 0.15) is 22.6 Å². The van der Waals surface area contributed by atoms with Gasteiger partial charge in [-0.15, -0.1) is 0 Å². The van der Waals surface area contributed by atoms with Gasteiger partial charge >= 0.3 is 0 Å². The number of carbonyl (C=O) groups is 1. The zero-order valence-corrected chi connectivity index (χ0v) is 20.3. The Morgan fingerprint density at radius 3 is 3.03 bits per heavy atom. The van der Waals surface area contributed by atoms with Gasteiger partial charge in [-0.05, 0) is 60.6 Å². The quantitative estimate of drug-likeness (QED) is 0.441. The van der Waals surface area contributed by atoms with E-state index in [9.17, 15) is 9.18 Å². The molecule has 0 saturated carbocycles. The van der Waals surface area contributed by atoms with E-state index in [1.165, 1.54) is 24.4 Å². The van der Waals surface area contributed by atoms with Crippen LogP contribution >= 0.6 is 15.9 Å². The van der Waals surface area contributed by atoms with Gasteiger partial charge in [-0.2, -0.15) is 10.4 Å². The molecule has 0 fully saturated rings. The molecule has 0 amide bonds. The Kier molecular flexibility index (Phi) is 6.90. The molecule has 1 unspecified atom stereocenters. The molecule has 1 aromatic carbocycles. The van der Waals surface area contributed by atoms with E-state index in [2.05, 4.69) is 37.1 Å². The molecule has 2 aromatic heterocycles. The first-order valence-electron chi connectivity index (χ1n) is 10.7. The Morgan fingerprint density at radius 2 is 2.26 bits per heavy atom. The second-order valence-corrected chi connectivity index (χ2v) is 9.08.